The van der Waals surface area contributed by atoms with Gasteiger partial charge < -0.3 is 0 Å². The van der Waals surface area contributed by atoms with Gasteiger partial charge in [-0.3, -0.25) is 14.3 Å². The van der Waals surface area contributed by atoms with Crippen molar-refractivity contribution in [3.05, 3.63) is 28.4 Å². The minimum atomic E-state index is -4.17. The maximum atomic E-state index is 11.7. The molecule has 1 aromatic heterocycles. The van der Waals surface area contributed by atoms with E-state index in [-0.39, 0.29) is 6.61 Å². The molecule has 0 aliphatic rings. The number of rotatable bonds is 7. The second-order valence-corrected chi connectivity index (χ2v) is 5.10. The van der Waals surface area contributed by atoms with Gasteiger partial charge in [0, 0.05) is 12.3 Å². The van der Waals surface area contributed by atoms with Crippen LogP contribution in [0.4, 0.5) is 5.69 Å². The first kappa shape index (κ1) is 14.5. The lowest BCUT2D eigenvalue weighted by Gasteiger charge is -2.04. The summed E-state index contributed by atoms with van der Waals surface area (Å²) in [7, 11) is -4.17. The Morgan fingerprint density at radius 1 is 1.44 bits per heavy atom. The van der Waals surface area contributed by atoms with E-state index in [0.717, 1.165) is 18.9 Å². The zero-order chi connectivity index (χ0) is 13.6. The van der Waals surface area contributed by atoms with Crippen LogP contribution in [0, 0.1) is 10.1 Å². The summed E-state index contributed by atoms with van der Waals surface area (Å²) in [5, 5.41) is 10.0. The summed E-state index contributed by atoms with van der Waals surface area (Å²) in [6.45, 7) is 1.97. The van der Waals surface area contributed by atoms with Crippen LogP contribution in [0.25, 0.3) is 0 Å². The molecule has 0 atom stereocenters. The Bertz CT molecular complexity index is 515. The van der Waals surface area contributed by atoms with E-state index in [0.29, 0.717) is 6.42 Å². The van der Waals surface area contributed by atoms with Crippen LogP contribution in [-0.4, -0.2) is 24.9 Å². The fourth-order valence-electron chi connectivity index (χ4n) is 1.29. The molecule has 0 spiro atoms. The molecular weight excluding hydrogens is 260 g/mol. The smallest absolute Gasteiger partial charge is 0.265 e. The number of nitrogens with zero attached hydrogens (tertiary/aromatic N) is 2. The Labute approximate surface area is 105 Å². The average molecular weight is 274 g/mol. The van der Waals surface area contributed by atoms with Gasteiger partial charge in [-0.15, -0.1) is 0 Å². The number of pyridine rings is 1. The largest absolute Gasteiger partial charge is 0.321 e. The summed E-state index contributed by atoms with van der Waals surface area (Å²) in [6, 6.07) is 2.38. The topological polar surface area (TPSA) is 99.4 Å². The molecule has 1 heterocycles. The Morgan fingerprint density at radius 2 is 2.17 bits per heavy atom. The van der Waals surface area contributed by atoms with E-state index in [9.17, 15) is 18.5 Å². The van der Waals surface area contributed by atoms with Crippen molar-refractivity contribution < 1.29 is 17.5 Å². The quantitative estimate of drug-likeness (QED) is 0.326. The molecule has 1 rings (SSSR count). The van der Waals surface area contributed by atoms with E-state index in [2.05, 4.69) is 4.98 Å². The van der Waals surface area contributed by atoms with Crippen LogP contribution in [0.1, 0.15) is 26.2 Å². The van der Waals surface area contributed by atoms with Crippen molar-refractivity contribution in [1.82, 2.24) is 4.98 Å². The molecule has 0 saturated carbocycles. The van der Waals surface area contributed by atoms with Crippen LogP contribution in [0.3, 0.4) is 0 Å². The lowest BCUT2D eigenvalue weighted by Crippen LogP contribution is -2.11. The van der Waals surface area contributed by atoms with Crippen molar-refractivity contribution in [2.45, 2.75) is 31.2 Å². The molecule has 100 valence electrons. The van der Waals surface area contributed by atoms with E-state index < -0.39 is 25.8 Å². The highest BCUT2D eigenvalue weighted by molar-refractivity contribution is 7.86. The first-order valence-corrected chi connectivity index (χ1v) is 6.88. The monoisotopic (exact) mass is 274 g/mol. The standard InChI is InChI=1S/C10H14N2O5S/c1-2-3-4-8-17-18(15,16)10-9(12(13)14)6-5-7-11-10/h5-7H,2-4,8H2,1H3. The van der Waals surface area contributed by atoms with Crippen LogP contribution in [0.15, 0.2) is 23.4 Å². The predicted octanol–water partition coefficient (Wildman–Crippen LogP) is 1.89. The molecule has 18 heavy (non-hydrogen) atoms. The van der Waals surface area contributed by atoms with Gasteiger partial charge in [0.05, 0.1) is 11.5 Å². The SMILES string of the molecule is CCCCCOS(=O)(=O)c1ncccc1[N+](=O)[O-]. The fourth-order valence-corrected chi connectivity index (χ4v) is 2.33. The second-order valence-electron chi connectivity index (χ2n) is 3.57. The summed E-state index contributed by atoms with van der Waals surface area (Å²) in [6.07, 6.45) is 3.51. The summed E-state index contributed by atoms with van der Waals surface area (Å²) in [4.78, 5) is 13.4. The molecule has 0 aromatic carbocycles. The molecule has 8 heteroatoms. The van der Waals surface area contributed by atoms with E-state index in [1.807, 2.05) is 6.92 Å². The van der Waals surface area contributed by atoms with Crippen molar-refractivity contribution in [1.29, 1.82) is 0 Å². The number of hydrogen-bond acceptors (Lipinski definition) is 6. The molecule has 0 unspecified atom stereocenters. The van der Waals surface area contributed by atoms with Crippen molar-refractivity contribution in [2.24, 2.45) is 0 Å². The minimum Gasteiger partial charge on any atom is -0.265 e. The number of aromatic nitrogens is 1. The number of nitro groups is 1. The summed E-state index contributed by atoms with van der Waals surface area (Å²) >= 11 is 0. The van der Waals surface area contributed by atoms with Gasteiger partial charge in [-0.05, 0) is 12.5 Å². The Hall–Kier alpha value is -1.54. The molecule has 0 aliphatic heterocycles. The average Bonchev–Trinajstić information content (AvgIpc) is 2.35. The van der Waals surface area contributed by atoms with Gasteiger partial charge in [0.1, 0.15) is 0 Å². The molecule has 0 aliphatic carbocycles. The normalized spacial score (nSPS) is 11.4. The van der Waals surface area contributed by atoms with Crippen LogP contribution in [-0.2, 0) is 14.3 Å². The zero-order valence-electron chi connectivity index (χ0n) is 9.90. The molecular formula is C10H14N2O5S. The van der Waals surface area contributed by atoms with Crippen LogP contribution < -0.4 is 0 Å². The van der Waals surface area contributed by atoms with Crippen molar-refractivity contribution in [3.8, 4) is 0 Å². The lowest BCUT2D eigenvalue weighted by atomic mass is 10.3. The van der Waals surface area contributed by atoms with E-state index in [4.69, 9.17) is 4.18 Å². The molecule has 0 amide bonds. The molecule has 7 nitrogen and oxygen atoms in total. The van der Waals surface area contributed by atoms with Crippen molar-refractivity contribution >= 4 is 15.8 Å². The molecule has 0 radical (unpaired) electrons. The molecule has 0 N–H and O–H groups in total. The number of hydrogen-bond donors (Lipinski definition) is 0. The lowest BCUT2D eigenvalue weighted by molar-refractivity contribution is -0.388. The molecule has 0 fully saturated rings. The van der Waals surface area contributed by atoms with Gasteiger partial charge in [-0.25, -0.2) is 4.98 Å². The van der Waals surface area contributed by atoms with Crippen LogP contribution >= 0.6 is 0 Å². The highest BCUT2D eigenvalue weighted by Crippen LogP contribution is 2.22. The Balaban J connectivity index is 2.88. The summed E-state index contributed by atoms with van der Waals surface area (Å²) < 4.78 is 28.2. The first-order chi connectivity index (χ1) is 8.49. The Kier molecular flexibility index (Phi) is 5.17. The minimum absolute atomic E-state index is 0.00387. The highest BCUT2D eigenvalue weighted by atomic mass is 32.2. The van der Waals surface area contributed by atoms with E-state index >= 15 is 0 Å². The van der Waals surface area contributed by atoms with Gasteiger partial charge in [-0.1, -0.05) is 19.8 Å². The number of unbranched alkanes of at least 4 members (excludes halogenated alkanes) is 2. The maximum absolute atomic E-state index is 11.7. The first-order valence-electron chi connectivity index (χ1n) is 5.48. The highest BCUT2D eigenvalue weighted by Gasteiger charge is 2.27. The van der Waals surface area contributed by atoms with Crippen molar-refractivity contribution in [3.63, 3.8) is 0 Å². The van der Waals surface area contributed by atoms with Crippen LogP contribution in [0.2, 0.25) is 0 Å². The Morgan fingerprint density at radius 3 is 2.78 bits per heavy atom. The third kappa shape index (κ3) is 3.74. The summed E-state index contributed by atoms with van der Waals surface area (Å²) in [5.41, 5.74) is -0.576. The van der Waals surface area contributed by atoms with Gasteiger partial charge in [0.25, 0.3) is 5.03 Å². The van der Waals surface area contributed by atoms with Crippen molar-refractivity contribution in [2.75, 3.05) is 6.61 Å². The zero-order valence-corrected chi connectivity index (χ0v) is 10.7. The molecule has 0 saturated heterocycles. The third-order valence-corrected chi connectivity index (χ3v) is 3.44. The second kappa shape index (κ2) is 6.41. The van der Waals surface area contributed by atoms with E-state index in [1.165, 1.54) is 12.3 Å². The van der Waals surface area contributed by atoms with Gasteiger partial charge >= 0.3 is 15.8 Å². The maximum Gasteiger partial charge on any atom is 0.321 e. The van der Waals surface area contributed by atoms with E-state index in [1.54, 1.807) is 0 Å². The van der Waals surface area contributed by atoms with Gasteiger partial charge in [-0.2, -0.15) is 8.42 Å². The predicted molar refractivity (Wildman–Crippen MR) is 63.6 cm³/mol. The fraction of sp³-hybridized carbons (Fsp3) is 0.500. The summed E-state index contributed by atoms with van der Waals surface area (Å²) in [5.74, 6) is 0. The van der Waals surface area contributed by atoms with Crippen LogP contribution in [0.5, 0.6) is 0 Å². The van der Waals surface area contributed by atoms with Gasteiger partial charge in [0.15, 0.2) is 0 Å². The molecule has 0 bridgehead atoms. The third-order valence-electron chi connectivity index (χ3n) is 2.17. The van der Waals surface area contributed by atoms with Gasteiger partial charge in [0.2, 0.25) is 0 Å². The molecule has 1 aromatic rings.